The molecule has 1 aliphatic heterocycles. The normalized spacial score (nSPS) is 17.0. The van der Waals surface area contributed by atoms with Crippen molar-refractivity contribution in [1.29, 1.82) is 0 Å². The van der Waals surface area contributed by atoms with Crippen molar-refractivity contribution in [2.24, 2.45) is 0 Å². The summed E-state index contributed by atoms with van der Waals surface area (Å²) in [6.45, 7) is 1.09. The third kappa shape index (κ3) is 4.54. The summed E-state index contributed by atoms with van der Waals surface area (Å²) in [5.41, 5.74) is 3.03. The third-order valence-electron chi connectivity index (χ3n) is 3.81. The van der Waals surface area contributed by atoms with Crippen LogP contribution in [0.15, 0.2) is 72.3 Å². The molecular weight excluding hydrogens is 288 g/mol. The van der Waals surface area contributed by atoms with Gasteiger partial charge in [0.1, 0.15) is 6.10 Å². The largest absolute Gasteiger partial charge is 0.454 e. The molecule has 3 rings (SSSR count). The van der Waals surface area contributed by atoms with Crippen LogP contribution in [0.4, 0.5) is 0 Å². The summed E-state index contributed by atoms with van der Waals surface area (Å²) in [5, 5.41) is 0. The van der Waals surface area contributed by atoms with Gasteiger partial charge in [0.05, 0.1) is 13.2 Å². The molecule has 1 unspecified atom stereocenters. The first-order valence-corrected chi connectivity index (χ1v) is 7.88. The number of hydrogen-bond acceptors (Lipinski definition) is 3. The standard InChI is InChI=1S/C20H20O3/c21-20-18(11-12-22-15-17-9-5-2-6-10-17)14-19(23-20)13-16-7-3-1-4-8-16/h1-10,14,19H,11-13,15H2. The number of benzene rings is 2. The number of carbonyl (C=O) groups is 1. The maximum absolute atomic E-state index is 11.9. The number of hydrogen-bond donors (Lipinski definition) is 0. The molecule has 0 N–H and O–H groups in total. The lowest BCUT2D eigenvalue weighted by Gasteiger charge is -2.07. The van der Waals surface area contributed by atoms with E-state index in [4.69, 9.17) is 9.47 Å². The lowest BCUT2D eigenvalue weighted by molar-refractivity contribution is -0.139. The van der Waals surface area contributed by atoms with Crippen LogP contribution in [-0.2, 0) is 27.3 Å². The Morgan fingerprint density at radius 1 is 0.913 bits per heavy atom. The van der Waals surface area contributed by atoms with Gasteiger partial charge < -0.3 is 9.47 Å². The van der Waals surface area contributed by atoms with Crippen molar-refractivity contribution in [2.45, 2.75) is 25.6 Å². The third-order valence-corrected chi connectivity index (χ3v) is 3.81. The van der Waals surface area contributed by atoms with E-state index in [0.717, 1.165) is 17.6 Å². The molecule has 0 saturated carbocycles. The number of rotatable bonds is 7. The van der Waals surface area contributed by atoms with Crippen LogP contribution >= 0.6 is 0 Å². The topological polar surface area (TPSA) is 35.5 Å². The molecule has 118 valence electrons. The Balaban J connectivity index is 1.46. The van der Waals surface area contributed by atoms with Gasteiger partial charge in [-0.05, 0) is 17.2 Å². The molecule has 0 radical (unpaired) electrons. The van der Waals surface area contributed by atoms with Crippen LogP contribution in [0, 0.1) is 0 Å². The molecule has 1 aliphatic rings. The van der Waals surface area contributed by atoms with Crippen LogP contribution in [0.25, 0.3) is 0 Å². The average Bonchev–Trinajstić information content (AvgIpc) is 2.93. The summed E-state index contributed by atoms with van der Waals surface area (Å²) < 4.78 is 11.0. The predicted octanol–water partition coefficient (Wildman–Crippen LogP) is 3.69. The molecule has 3 nitrogen and oxygen atoms in total. The Morgan fingerprint density at radius 2 is 1.57 bits per heavy atom. The molecule has 0 fully saturated rings. The molecule has 0 saturated heterocycles. The van der Waals surface area contributed by atoms with E-state index in [0.29, 0.717) is 19.6 Å². The Morgan fingerprint density at radius 3 is 2.26 bits per heavy atom. The summed E-state index contributed by atoms with van der Waals surface area (Å²) in [6, 6.07) is 20.1. The fraction of sp³-hybridized carbons (Fsp3) is 0.250. The van der Waals surface area contributed by atoms with E-state index in [2.05, 4.69) is 0 Å². The van der Waals surface area contributed by atoms with Crippen molar-refractivity contribution < 1.29 is 14.3 Å². The van der Waals surface area contributed by atoms with Crippen LogP contribution in [-0.4, -0.2) is 18.7 Å². The highest BCUT2D eigenvalue weighted by atomic mass is 16.5. The SMILES string of the molecule is O=C1OC(Cc2ccccc2)C=C1CCOCc1ccccc1. The summed E-state index contributed by atoms with van der Waals surface area (Å²) in [7, 11) is 0. The Labute approximate surface area is 136 Å². The zero-order chi connectivity index (χ0) is 15.9. The monoisotopic (exact) mass is 308 g/mol. The maximum Gasteiger partial charge on any atom is 0.334 e. The van der Waals surface area contributed by atoms with Gasteiger partial charge in [0, 0.05) is 18.4 Å². The van der Waals surface area contributed by atoms with Crippen molar-refractivity contribution in [3.63, 3.8) is 0 Å². The van der Waals surface area contributed by atoms with E-state index < -0.39 is 0 Å². The zero-order valence-electron chi connectivity index (χ0n) is 13.0. The second-order valence-electron chi connectivity index (χ2n) is 5.61. The van der Waals surface area contributed by atoms with E-state index in [-0.39, 0.29) is 12.1 Å². The van der Waals surface area contributed by atoms with Crippen molar-refractivity contribution in [2.75, 3.05) is 6.61 Å². The Bertz CT molecular complexity index is 662. The molecule has 3 heteroatoms. The van der Waals surface area contributed by atoms with Crippen LogP contribution in [0.2, 0.25) is 0 Å². The van der Waals surface area contributed by atoms with Crippen molar-refractivity contribution in [1.82, 2.24) is 0 Å². The number of cyclic esters (lactones) is 1. The molecule has 0 bridgehead atoms. The van der Waals surface area contributed by atoms with Gasteiger partial charge in [0.25, 0.3) is 0 Å². The van der Waals surface area contributed by atoms with E-state index in [1.165, 1.54) is 5.56 Å². The highest BCUT2D eigenvalue weighted by Gasteiger charge is 2.25. The van der Waals surface area contributed by atoms with Gasteiger partial charge in [-0.3, -0.25) is 0 Å². The quantitative estimate of drug-likeness (QED) is 0.578. The van der Waals surface area contributed by atoms with E-state index >= 15 is 0 Å². The predicted molar refractivity (Wildman–Crippen MR) is 88.8 cm³/mol. The van der Waals surface area contributed by atoms with Gasteiger partial charge in [-0.15, -0.1) is 0 Å². The van der Waals surface area contributed by atoms with Gasteiger partial charge in [-0.2, -0.15) is 0 Å². The summed E-state index contributed by atoms with van der Waals surface area (Å²) in [4.78, 5) is 11.9. The van der Waals surface area contributed by atoms with Crippen LogP contribution < -0.4 is 0 Å². The lowest BCUT2D eigenvalue weighted by atomic mass is 10.1. The molecule has 0 aliphatic carbocycles. The highest BCUT2D eigenvalue weighted by Crippen LogP contribution is 2.20. The van der Waals surface area contributed by atoms with Crippen molar-refractivity contribution in [3.05, 3.63) is 83.4 Å². The van der Waals surface area contributed by atoms with Crippen molar-refractivity contribution in [3.8, 4) is 0 Å². The lowest BCUT2D eigenvalue weighted by Crippen LogP contribution is -2.11. The van der Waals surface area contributed by atoms with Crippen LogP contribution in [0.5, 0.6) is 0 Å². The van der Waals surface area contributed by atoms with Gasteiger partial charge in [-0.25, -0.2) is 4.79 Å². The first kappa shape index (κ1) is 15.5. The number of carbonyl (C=O) groups excluding carboxylic acids is 1. The van der Waals surface area contributed by atoms with Crippen molar-refractivity contribution >= 4 is 5.97 Å². The fourth-order valence-corrected chi connectivity index (χ4v) is 2.62. The smallest absolute Gasteiger partial charge is 0.334 e. The maximum atomic E-state index is 11.9. The summed E-state index contributed by atoms with van der Waals surface area (Å²) >= 11 is 0. The minimum Gasteiger partial charge on any atom is -0.454 e. The number of esters is 1. The minimum absolute atomic E-state index is 0.158. The average molecular weight is 308 g/mol. The van der Waals surface area contributed by atoms with Gasteiger partial charge in [0.2, 0.25) is 0 Å². The van der Waals surface area contributed by atoms with Gasteiger partial charge in [-0.1, -0.05) is 60.7 Å². The van der Waals surface area contributed by atoms with Gasteiger partial charge in [0.15, 0.2) is 0 Å². The molecule has 0 aromatic heterocycles. The summed E-state index contributed by atoms with van der Waals surface area (Å²) in [5.74, 6) is -0.214. The van der Waals surface area contributed by atoms with E-state index in [1.54, 1.807) is 0 Å². The molecule has 23 heavy (non-hydrogen) atoms. The molecule has 2 aromatic rings. The Kier molecular flexibility index (Phi) is 5.22. The van der Waals surface area contributed by atoms with Gasteiger partial charge >= 0.3 is 5.97 Å². The minimum atomic E-state index is -0.214. The fourth-order valence-electron chi connectivity index (χ4n) is 2.62. The molecular formula is C20H20O3. The van der Waals surface area contributed by atoms with Crippen LogP contribution in [0.1, 0.15) is 17.5 Å². The molecule has 2 aromatic carbocycles. The summed E-state index contributed by atoms with van der Waals surface area (Å²) in [6.07, 6.45) is 3.09. The highest BCUT2D eigenvalue weighted by molar-refractivity contribution is 5.90. The Hall–Kier alpha value is -2.39. The molecule has 0 spiro atoms. The zero-order valence-corrected chi connectivity index (χ0v) is 13.0. The first-order chi connectivity index (χ1) is 11.3. The van der Waals surface area contributed by atoms with E-state index in [1.807, 2.05) is 66.7 Å². The van der Waals surface area contributed by atoms with Crippen LogP contribution in [0.3, 0.4) is 0 Å². The second-order valence-corrected chi connectivity index (χ2v) is 5.61. The molecule has 1 atom stereocenters. The first-order valence-electron chi connectivity index (χ1n) is 7.88. The molecule has 0 amide bonds. The molecule has 1 heterocycles. The number of ether oxygens (including phenoxy) is 2. The van der Waals surface area contributed by atoms with E-state index in [9.17, 15) is 4.79 Å². The second kappa shape index (κ2) is 7.75.